The Kier molecular flexibility index (Phi) is 5.84. The molecule has 28 heavy (non-hydrogen) atoms. The number of sulfonamides is 1. The van der Waals surface area contributed by atoms with Gasteiger partial charge in [0.1, 0.15) is 16.5 Å². The first-order valence-electron chi connectivity index (χ1n) is 8.77. The van der Waals surface area contributed by atoms with Crippen molar-refractivity contribution in [2.45, 2.75) is 18.4 Å². The van der Waals surface area contributed by atoms with Gasteiger partial charge in [-0.05, 0) is 42.3 Å². The zero-order valence-corrected chi connectivity index (χ0v) is 16.9. The molecule has 3 aromatic rings. The zero-order chi connectivity index (χ0) is 20.1. The molecule has 0 spiro atoms. The van der Waals surface area contributed by atoms with Crippen molar-refractivity contribution in [1.29, 1.82) is 0 Å². The van der Waals surface area contributed by atoms with Crippen LogP contribution in [0.1, 0.15) is 11.1 Å². The lowest BCUT2D eigenvalue weighted by molar-refractivity contribution is 0.402. The van der Waals surface area contributed by atoms with Crippen LogP contribution in [0.2, 0.25) is 0 Å². The van der Waals surface area contributed by atoms with E-state index in [0.29, 0.717) is 18.0 Å². The number of pyridine rings is 1. The van der Waals surface area contributed by atoms with E-state index in [1.54, 1.807) is 30.3 Å². The summed E-state index contributed by atoms with van der Waals surface area (Å²) in [6, 6.07) is 18.6. The molecule has 0 radical (unpaired) electrons. The molecular weight excluding hydrogens is 374 g/mol. The molecule has 1 aromatic heterocycles. The first-order valence-corrected chi connectivity index (χ1v) is 10.3. The summed E-state index contributed by atoms with van der Waals surface area (Å²) in [5.41, 5.74) is 2.39. The largest absolute Gasteiger partial charge is 0.495 e. The summed E-state index contributed by atoms with van der Waals surface area (Å²) < 4.78 is 33.3. The molecule has 2 aromatic carbocycles. The minimum atomic E-state index is -3.79. The predicted octanol–water partition coefficient (Wildman–Crippen LogP) is 3.84. The Morgan fingerprint density at radius 2 is 1.82 bits per heavy atom. The molecule has 0 atom stereocenters. The van der Waals surface area contributed by atoms with Gasteiger partial charge in [0.15, 0.2) is 0 Å². The molecule has 0 unspecified atom stereocenters. The maximum absolute atomic E-state index is 12.8. The van der Waals surface area contributed by atoms with Gasteiger partial charge >= 0.3 is 0 Å². The third-order valence-corrected chi connectivity index (χ3v) is 5.66. The molecule has 3 rings (SSSR count). The number of hydrogen-bond donors (Lipinski definition) is 1. The Labute approximate surface area is 165 Å². The highest BCUT2D eigenvalue weighted by atomic mass is 32.2. The second-order valence-electron chi connectivity index (χ2n) is 6.51. The van der Waals surface area contributed by atoms with E-state index in [1.165, 1.54) is 18.9 Å². The van der Waals surface area contributed by atoms with Crippen LogP contribution in [-0.4, -0.2) is 27.6 Å². The van der Waals surface area contributed by atoms with Crippen molar-refractivity contribution < 1.29 is 13.2 Å². The van der Waals surface area contributed by atoms with Crippen molar-refractivity contribution in [3.8, 4) is 5.75 Å². The predicted molar refractivity (Wildman–Crippen MR) is 111 cm³/mol. The molecule has 6 nitrogen and oxygen atoms in total. The number of rotatable bonds is 7. The van der Waals surface area contributed by atoms with Crippen LogP contribution in [0.3, 0.4) is 0 Å². The van der Waals surface area contributed by atoms with Crippen LogP contribution >= 0.6 is 0 Å². The highest BCUT2D eigenvalue weighted by molar-refractivity contribution is 7.92. The minimum absolute atomic E-state index is 0.0975. The number of benzene rings is 2. The van der Waals surface area contributed by atoms with Crippen LogP contribution in [0.5, 0.6) is 5.75 Å². The summed E-state index contributed by atoms with van der Waals surface area (Å²) in [4.78, 5) is 6.48. The molecule has 7 heteroatoms. The Morgan fingerprint density at radius 3 is 2.46 bits per heavy atom. The average molecular weight is 398 g/mol. The zero-order valence-electron chi connectivity index (χ0n) is 16.1. The quantitative estimate of drug-likeness (QED) is 0.656. The van der Waals surface area contributed by atoms with Crippen molar-refractivity contribution >= 4 is 21.5 Å². The molecule has 0 fully saturated rings. The second-order valence-corrected chi connectivity index (χ2v) is 8.16. The molecule has 0 aliphatic rings. The Bertz CT molecular complexity index is 1040. The highest BCUT2D eigenvalue weighted by Crippen LogP contribution is 2.27. The lowest BCUT2D eigenvalue weighted by atomic mass is 10.2. The number of nitrogens with zero attached hydrogens (tertiary/aromatic N) is 2. The van der Waals surface area contributed by atoms with Gasteiger partial charge in [-0.25, -0.2) is 13.4 Å². The standard InChI is InChI=1S/C21H23N3O3S/c1-16-9-11-19(27-3)20(13-16)28(25,26)23-18-10-12-21(22-14-18)24(2)15-17-7-5-4-6-8-17/h4-14,23H,15H2,1-3H3. The van der Waals surface area contributed by atoms with E-state index in [-0.39, 0.29) is 4.90 Å². The Hall–Kier alpha value is -3.06. The molecule has 0 amide bonds. The van der Waals surface area contributed by atoms with Gasteiger partial charge in [0.05, 0.1) is 19.0 Å². The SMILES string of the molecule is COc1ccc(C)cc1S(=O)(=O)Nc1ccc(N(C)Cc2ccccc2)nc1. The molecule has 0 saturated heterocycles. The summed E-state index contributed by atoms with van der Waals surface area (Å²) in [5, 5.41) is 0. The fraction of sp³-hybridized carbons (Fsp3) is 0.190. The van der Waals surface area contributed by atoms with Crippen LogP contribution in [-0.2, 0) is 16.6 Å². The van der Waals surface area contributed by atoms with Gasteiger partial charge < -0.3 is 9.64 Å². The van der Waals surface area contributed by atoms with E-state index in [4.69, 9.17) is 4.74 Å². The van der Waals surface area contributed by atoms with Crippen molar-refractivity contribution in [3.05, 3.63) is 78.0 Å². The molecule has 1 N–H and O–H groups in total. The number of ether oxygens (including phenoxy) is 1. The third-order valence-electron chi connectivity index (χ3n) is 4.26. The number of aromatic nitrogens is 1. The van der Waals surface area contributed by atoms with Gasteiger partial charge in [-0.3, -0.25) is 4.72 Å². The Balaban J connectivity index is 1.76. The van der Waals surface area contributed by atoms with Crippen LogP contribution in [0, 0.1) is 6.92 Å². The van der Waals surface area contributed by atoms with Crippen molar-refractivity contribution in [1.82, 2.24) is 4.98 Å². The number of hydrogen-bond acceptors (Lipinski definition) is 5. The van der Waals surface area contributed by atoms with Crippen molar-refractivity contribution in [3.63, 3.8) is 0 Å². The molecule has 0 bridgehead atoms. The number of nitrogens with one attached hydrogen (secondary N) is 1. The fourth-order valence-corrected chi connectivity index (χ4v) is 4.11. The van der Waals surface area contributed by atoms with Crippen molar-refractivity contribution in [2.24, 2.45) is 0 Å². The van der Waals surface area contributed by atoms with E-state index < -0.39 is 10.0 Å². The summed E-state index contributed by atoms with van der Waals surface area (Å²) in [6.07, 6.45) is 1.51. The second kappa shape index (κ2) is 8.31. The topological polar surface area (TPSA) is 71.5 Å². The highest BCUT2D eigenvalue weighted by Gasteiger charge is 2.20. The van der Waals surface area contributed by atoms with Gasteiger partial charge in [0.2, 0.25) is 0 Å². The first kappa shape index (κ1) is 19.7. The van der Waals surface area contributed by atoms with E-state index in [2.05, 4.69) is 9.71 Å². The fourth-order valence-electron chi connectivity index (χ4n) is 2.81. The maximum atomic E-state index is 12.8. The van der Waals surface area contributed by atoms with Crippen LogP contribution in [0.4, 0.5) is 11.5 Å². The number of anilines is 2. The third kappa shape index (κ3) is 4.61. The van der Waals surface area contributed by atoms with Crippen LogP contribution in [0.25, 0.3) is 0 Å². The summed E-state index contributed by atoms with van der Waals surface area (Å²) in [7, 11) is -0.401. The molecular formula is C21H23N3O3S. The van der Waals surface area contributed by atoms with Crippen LogP contribution < -0.4 is 14.4 Å². The normalized spacial score (nSPS) is 11.1. The van der Waals surface area contributed by atoms with Gasteiger partial charge in [-0.2, -0.15) is 0 Å². The lowest BCUT2D eigenvalue weighted by Gasteiger charge is -2.18. The molecule has 146 valence electrons. The summed E-state index contributed by atoms with van der Waals surface area (Å²) >= 11 is 0. The molecule has 0 aliphatic carbocycles. The van der Waals surface area contributed by atoms with Gasteiger partial charge in [0.25, 0.3) is 10.0 Å². The lowest BCUT2D eigenvalue weighted by Crippen LogP contribution is -2.18. The molecule has 1 heterocycles. The van der Waals surface area contributed by atoms with Gasteiger partial charge in [-0.1, -0.05) is 36.4 Å². The summed E-state index contributed by atoms with van der Waals surface area (Å²) in [5.74, 6) is 1.05. The number of methoxy groups -OCH3 is 1. The summed E-state index contributed by atoms with van der Waals surface area (Å²) in [6.45, 7) is 2.54. The van der Waals surface area contributed by atoms with Gasteiger partial charge in [-0.15, -0.1) is 0 Å². The molecule has 0 saturated carbocycles. The number of aryl methyl sites for hydroxylation is 1. The van der Waals surface area contributed by atoms with Gasteiger partial charge in [0, 0.05) is 13.6 Å². The average Bonchev–Trinajstić information content (AvgIpc) is 2.69. The first-order chi connectivity index (χ1) is 13.4. The van der Waals surface area contributed by atoms with E-state index >= 15 is 0 Å². The maximum Gasteiger partial charge on any atom is 0.265 e. The van der Waals surface area contributed by atoms with E-state index in [9.17, 15) is 8.42 Å². The molecule has 0 aliphatic heterocycles. The van der Waals surface area contributed by atoms with E-state index in [0.717, 1.165) is 11.4 Å². The minimum Gasteiger partial charge on any atom is -0.495 e. The van der Waals surface area contributed by atoms with Crippen molar-refractivity contribution in [2.75, 3.05) is 23.8 Å². The monoisotopic (exact) mass is 397 g/mol. The van der Waals surface area contributed by atoms with Crippen LogP contribution in [0.15, 0.2) is 71.8 Å². The Morgan fingerprint density at radius 1 is 1.07 bits per heavy atom. The van der Waals surface area contributed by atoms with E-state index in [1.807, 2.05) is 49.2 Å². The smallest absolute Gasteiger partial charge is 0.265 e.